The van der Waals surface area contributed by atoms with Gasteiger partial charge in [0.1, 0.15) is 12.4 Å². The SMILES string of the molecule is C1=CC2c3cccc(OCC4CCCO4)c3NC(c3cccc4ccccc34)C2C1. The highest BCUT2D eigenvalue weighted by molar-refractivity contribution is 5.87. The van der Waals surface area contributed by atoms with Gasteiger partial charge in [-0.05, 0) is 53.1 Å². The summed E-state index contributed by atoms with van der Waals surface area (Å²) >= 11 is 0. The van der Waals surface area contributed by atoms with Gasteiger partial charge in [0, 0.05) is 12.5 Å². The number of ether oxygens (including phenoxy) is 2. The fraction of sp³-hybridized carbons (Fsp3) is 0.333. The average Bonchev–Trinajstić information content (AvgIpc) is 3.49. The molecule has 152 valence electrons. The van der Waals surface area contributed by atoms with E-state index in [-0.39, 0.29) is 12.1 Å². The minimum atomic E-state index is 0.220. The second kappa shape index (κ2) is 7.48. The molecule has 1 aliphatic carbocycles. The molecular weight excluding hydrogens is 370 g/mol. The van der Waals surface area contributed by atoms with Crippen LogP contribution in [0.5, 0.6) is 5.75 Å². The third-order valence-electron chi connectivity index (χ3n) is 6.97. The molecule has 0 spiro atoms. The maximum atomic E-state index is 6.30. The Morgan fingerprint density at radius 3 is 2.77 bits per heavy atom. The van der Waals surface area contributed by atoms with E-state index in [0.29, 0.717) is 18.4 Å². The number of nitrogens with one attached hydrogen (secondary N) is 1. The van der Waals surface area contributed by atoms with Crippen LogP contribution in [0.15, 0.2) is 72.8 Å². The van der Waals surface area contributed by atoms with Gasteiger partial charge < -0.3 is 14.8 Å². The Morgan fingerprint density at radius 1 is 0.967 bits per heavy atom. The fourth-order valence-corrected chi connectivity index (χ4v) is 5.50. The van der Waals surface area contributed by atoms with Crippen LogP contribution in [-0.2, 0) is 4.74 Å². The normalized spacial score (nSPS) is 26.9. The van der Waals surface area contributed by atoms with Gasteiger partial charge in [-0.3, -0.25) is 0 Å². The van der Waals surface area contributed by atoms with Crippen LogP contribution in [0.1, 0.15) is 42.3 Å². The largest absolute Gasteiger partial charge is 0.489 e. The molecule has 0 amide bonds. The number of rotatable bonds is 4. The lowest BCUT2D eigenvalue weighted by Gasteiger charge is -2.38. The average molecular weight is 398 g/mol. The molecule has 1 N–H and O–H groups in total. The maximum absolute atomic E-state index is 6.30. The van der Waals surface area contributed by atoms with Crippen molar-refractivity contribution in [3.63, 3.8) is 0 Å². The number of para-hydroxylation sites is 1. The molecule has 3 heteroatoms. The Labute approximate surface area is 177 Å². The van der Waals surface area contributed by atoms with E-state index in [9.17, 15) is 0 Å². The van der Waals surface area contributed by atoms with E-state index in [1.807, 2.05) is 0 Å². The van der Waals surface area contributed by atoms with Crippen molar-refractivity contribution >= 4 is 16.5 Å². The van der Waals surface area contributed by atoms with Gasteiger partial charge in [0.25, 0.3) is 0 Å². The number of hydrogen-bond donors (Lipinski definition) is 1. The smallest absolute Gasteiger partial charge is 0.142 e. The number of hydrogen-bond acceptors (Lipinski definition) is 3. The van der Waals surface area contributed by atoms with Crippen molar-refractivity contribution in [2.24, 2.45) is 5.92 Å². The number of anilines is 1. The third-order valence-corrected chi connectivity index (χ3v) is 6.97. The monoisotopic (exact) mass is 397 g/mol. The molecule has 0 bridgehead atoms. The highest BCUT2D eigenvalue weighted by Gasteiger charge is 2.39. The summed E-state index contributed by atoms with van der Waals surface area (Å²) in [5, 5.41) is 6.55. The standard InChI is InChI=1S/C27H27NO2/c1-2-10-20-18(7-1)8-3-12-22(20)26-23-13-4-11-21(23)24-14-5-15-25(27(24)28-26)30-17-19-9-6-16-29-19/h1-5,7-8,10-12,14-15,19,21,23,26,28H,6,9,13,16-17H2. The van der Waals surface area contributed by atoms with Gasteiger partial charge in [-0.15, -0.1) is 0 Å². The van der Waals surface area contributed by atoms with E-state index in [1.54, 1.807) is 0 Å². The van der Waals surface area contributed by atoms with Gasteiger partial charge in [0.2, 0.25) is 0 Å². The van der Waals surface area contributed by atoms with Crippen molar-refractivity contribution in [1.82, 2.24) is 0 Å². The molecule has 2 heterocycles. The topological polar surface area (TPSA) is 30.5 Å². The first kappa shape index (κ1) is 18.0. The minimum absolute atomic E-state index is 0.220. The summed E-state index contributed by atoms with van der Waals surface area (Å²) in [6.07, 6.45) is 8.30. The highest BCUT2D eigenvalue weighted by atomic mass is 16.5. The summed E-state index contributed by atoms with van der Waals surface area (Å²) in [7, 11) is 0. The molecule has 0 saturated carbocycles. The maximum Gasteiger partial charge on any atom is 0.142 e. The van der Waals surface area contributed by atoms with Crippen molar-refractivity contribution < 1.29 is 9.47 Å². The van der Waals surface area contributed by atoms with E-state index in [0.717, 1.165) is 37.3 Å². The molecule has 4 unspecified atom stereocenters. The third kappa shape index (κ3) is 3.00. The lowest BCUT2D eigenvalue weighted by Crippen LogP contribution is -2.30. The lowest BCUT2D eigenvalue weighted by atomic mass is 9.76. The van der Waals surface area contributed by atoms with Crippen LogP contribution in [0.2, 0.25) is 0 Å². The molecule has 1 saturated heterocycles. The first-order chi connectivity index (χ1) is 14.9. The van der Waals surface area contributed by atoms with E-state index in [4.69, 9.17) is 9.47 Å². The molecule has 3 aromatic rings. The fourth-order valence-electron chi connectivity index (χ4n) is 5.50. The molecule has 0 radical (unpaired) electrons. The Bertz CT molecular complexity index is 1090. The number of allylic oxidation sites excluding steroid dienone is 2. The van der Waals surface area contributed by atoms with Crippen LogP contribution in [-0.4, -0.2) is 19.3 Å². The van der Waals surface area contributed by atoms with Gasteiger partial charge in [-0.2, -0.15) is 0 Å². The van der Waals surface area contributed by atoms with Crippen LogP contribution < -0.4 is 10.1 Å². The number of fused-ring (bicyclic) bond motifs is 4. The second-order valence-corrected chi connectivity index (χ2v) is 8.71. The predicted octanol–water partition coefficient (Wildman–Crippen LogP) is 6.22. The summed E-state index contributed by atoms with van der Waals surface area (Å²) in [6, 6.07) is 22.1. The molecule has 2 aliphatic heterocycles. The zero-order valence-corrected chi connectivity index (χ0v) is 17.1. The predicted molar refractivity (Wildman–Crippen MR) is 121 cm³/mol. The van der Waals surface area contributed by atoms with Crippen molar-refractivity contribution in [3.8, 4) is 5.75 Å². The van der Waals surface area contributed by atoms with Crippen molar-refractivity contribution in [1.29, 1.82) is 0 Å². The molecule has 4 atom stereocenters. The van der Waals surface area contributed by atoms with E-state index >= 15 is 0 Å². The molecule has 3 nitrogen and oxygen atoms in total. The molecule has 6 rings (SSSR count). The zero-order valence-electron chi connectivity index (χ0n) is 17.1. The molecule has 3 aliphatic rings. The Hall–Kier alpha value is -2.78. The molecule has 1 fully saturated rings. The first-order valence-corrected chi connectivity index (χ1v) is 11.2. The van der Waals surface area contributed by atoms with Crippen LogP contribution in [0.3, 0.4) is 0 Å². The molecule has 3 aromatic carbocycles. The van der Waals surface area contributed by atoms with Crippen LogP contribution >= 0.6 is 0 Å². The van der Waals surface area contributed by atoms with Gasteiger partial charge in [0.05, 0.1) is 17.8 Å². The second-order valence-electron chi connectivity index (χ2n) is 8.71. The van der Waals surface area contributed by atoms with Gasteiger partial charge in [-0.1, -0.05) is 66.7 Å². The van der Waals surface area contributed by atoms with Crippen molar-refractivity contribution in [2.45, 2.75) is 37.3 Å². The lowest BCUT2D eigenvalue weighted by molar-refractivity contribution is 0.0681. The summed E-state index contributed by atoms with van der Waals surface area (Å²) in [5.41, 5.74) is 3.89. The Morgan fingerprint density at radius 2 is 1.83 bits per heavy atom. The first-order valence-electron chi connectivity index (χ1n) is 11.2. The van der Waals surface area contributed by atoms with Crippen LogP contribution in [0.4, 0.5) is 5.69 Å². The summed E-state index contributed by atoms with van der Waals surface area (Å²) < 4.78 is 12.1. The Balaban J connectivity index is 1.39. The van der Waals surface area contributed by atoms with Crippen LogP contribution in [0, 0.1) is 5.92 Å². The zero-order chi connectivity index (χ0) is 19.9. The summed E-state index contributed by atoms with van der Waals surface area (Å²) in [4.78, 5) is 0. The van der Waals surface area contributed by atoms with Gasteiger partial charge in [-0.25, -0.2) is 0 Å². The van der Waals surface area contributed by atoms with E-state index in [1.165, 1.54) is 21.9 Å². The number of benzene rings is 3. The molecular formula is C27H27NO2. The van der Waals surface area contributed by atoms with E-state index in [2.05, 4.69) is 78.1 Å². The molecule has 0 aromatic heterocycles. The quantitative estimate of drug-likeness (QED) is 0.530. The van der Waals surface area contributed by atoms with Crippen molar-refractivity contribution in [2.75, 3.05) is 18.5 Å². The van der Waals surface area contributed by atoms with Crippen molar-refractivity contribution in [3.05, 3.63) is 83.9 Å². The van der Waals surface area contributed by atoms with Gasteiger partial charge >= 0.3 is 0 Å². The van der Waals surface area contributed by atoms with Gasteiger partial charge in [0.15, 0.2) is 0 Å². The summed E-state index contributed by atoms with van der Waals surface area (Å²) in [5.74, 6) is 1.90. The highest BCUT2D eigenvalue weighted by Crippen LogP contribution is 2.52. The summed E-state index contributed by atoms with van der Waals surface area (Å²) in [6.45, 7) is 1.48. The minimum Gasteiger partial charge on any atom is -0.489 e. The van der Waals surface area contributed by atoms with E-state index < -0.39 is 0 Å². The van der Waals surface area contributed by atoms with Crippen LogP contribution in [0.25, 0.3) is 10.8 Å². The Kier molecular flexibility index (Phi) is 4.49. The molecule has 30 heavy (non-hydrogen) atoms.